The summed E-state index contributed by atoms with van der Waals surface area (Å²) in [5, 5.41) is 11.0. The van der Waals surface area contributed by atoms with Crippen LogP contribution >= 0.6 is 11.6 Å². The van der Waals surface area contributed by atoms with Crippen molar-refractivity contribution < 1.29 is 14.7 Å². The number of aliphatic carboxylic acids is 1. The highest BCUT2D eigenvalue weighted by atomic mass is 35.5. The van der Waals surface area contributed by atoms with Gasteiger partial charge in [-0.2, -0.15) is 0 Å². The van der Waals surface area contributed by atoms with Crippen LogP contribution in [0.1, 0.15) is 19.4 Å². The zero-order valence-corrected chi connectivity index (χ0v) is 10.4. The van der Waals surface area contributed by atoms with Crippen molar-refractivity contribution in [2.75, 3.05) is 0 Å². The molecule has 1 rings (SSSR count). The number of hydrogen-bond acceptors (Lipinski definition) is 2. The first-order valence-corrected chi connectivity index (χ1v) is 5.56. The van der Waals surface area contributed by atoms with Crippen LogP contribution in [0.15, 0.2) is 30.3 Å². The van der Waals surface area contributed by atoms with Gasteiger partial charge in [0.1, 0.15) is 0 Å². The standard InChI is InChI=1S/C12H14ClNO3/c1-8(13)12(11(16)17,14-9(2)15)10-6-4-3-5-7-10/h3-8H,1-2H3,(H,14,15)(H,16,17). The molecule has 1 aromatic rings. The Morgan fingerprint density at radius 3 is 2.24 bits per heavy atom. The zero-order chi connectivity index (χ0) is 13.1. The summed E-state index contributed by atoms with van der Waals surface area (Å²) in [5.74, 6) is -1.62. The predicted octanol–water partition coefficient (Wildman–Crippen LogP) is 1.73. The number of carboxylic acids is 1. The van der Waals surface area contributed by atoms with Gasteiger partial charge in [0.25, 0.3) is 0 Å². The minimum Gasteiger partial charge on any atom is -0.479 e. The van der Waals surface area contributed by atoms with Crippen molar-refractivity contribution in [3.05, 3.63) is 35.9 Å². The quantitative estimate of drug-likeness (QED) is 0.806. The van der Waals surface area contributed by atoms with Gasteiger partial charge < -0.3 is 10.4 Å². The fraction of sp³-hybridized carbons (Fsp3) is 0.333. The van der Waals surface area contributed by atoms with E-state index in [2.05, 4.69) is 5.32 Å². The normalized spacial score (nSPS) is 15.7. The van der Waals surface area contributed by atoms with E-state index < -0.39 is 22.8 Å². The van der Waals surface area contributed by atoms with E-state index in [-0.39, 0.29) is 0 Å². The molecule has 0 aliphatic rings. The maximum atomic E-state index is 11.5. The number of amides is 1. The van der Waals surface area contributed by atoms with Crippen molar-refractivity contribution in [1.29, 1.82) is 0 Å². The molecule has 0 aliphatic carbocycles. The lowest BCUT2D eigenvalue weighted by atomic mass is 9.86. The number of carbonyl (C=O) groups is 2. The second-order valence-electron chi connectivity index (χ2n) is 3.78. The predicted molar refractivity (Wildman–Crippen MR) is 64.9 cm³/mol. The Balaban J connectivity index is 3.35. The Bertz CT molecular complexity index is 419. The molecule has 0 aliphatic heterocycles. The van der Waals surface area contributed by atoms with E-state index in [0.717, 1.165) is 0 Å². The van der Waals surface area contributed by atoms with Crippen LogP contribution in [0.5, 0.6) is 0 Å². The lowest BCUT2D eigenvalue weighted by Crippen LogP contribution is -2.56. The number of benzene rings is 1. The van der Waals surface area contributed by atoms with E-state index in [0.29, 0.717) is 5.56 Å². The first-order chi connectivity index (χ1) is 7.91. The van der Waals surface area contributed by atoms with Crippen LogP contribution in [-0.4, -0.2) is 22.4 Å². The van der Waals surface area contributed by atoms with Gasteiger partial charge in [0, 0.05) is 6.92 Å². The maximum Gasteiger partial charge on any atom is 0.335 e. The van der Waals surface area contributed by atoms with Crippen LogP contribution in [0.25, 0.3) is 0 Å². The molecular weight excluding hydrogens is 242 g/mol. The van der Waals surface area contributed by atoms with E-state index in [1.54, 1.807) is 37.3 Å². The summed E-state index contributed by atoms with van der Waals surface area (Å²) in [4.78, 5) is 22.7. The highest BCUT2D eigenvalue weighted by Crippen LogP contribution is 2.29. The smallest absolute Gasteiger partial charge is 0.335 e. The first-order valence-electron chi connectivity index (χ1n) is 5.13. The molecule has 2 atom stereocenters. The van der Waals surface area contributed by atoms with Gasteiger partial charge in [-0.25, -0.2) is 4.79 Å². The lowest BCUT2D eigenvalue weighted by molar-refractivity contribution is -0.148. The highest BCUT2D eigenvalue weighted by molar-refractivity contribution is 6.23. The van der Waals surface area contributed by atoms with Gasteiger partial charge in [-0.05, 0) is 12.5 Å². The summed E-state index contributed by atoms with van der Waals surface area (Å²) < 4.78 is 0. The molecular formula is C12H14ClNO3. The molecule has 17 heavy (non-hydrogen) atoms. The Morgan fingerprint density at radius 2 is 1.88 bits per heavy atom. The number of rotatable bonds is 4. The Morgan fingerprint density at radius 1 is 1.35 bits per heavy atom. The fourth-order valence-corrected chi connectivity index (χ4v) is 2.00. The van der Waals surface area contributed by atoms with Gasteiger partial charge >= 0.3 is 5.97 Å². The minimum atomic E-state index is -1.60. The molecule has 0 aromatic heterocycles. The molecule has 0 heterocycles. The molecule has 1 aromatic carbocycles. The number of halogens is 1. The summed E-state index contributed by atoms with van der Waals surface area (Å²) >= 11 is 5.98. The molecule has 0 radical (unpaired) electrons. The van der Waals surface area contributed by atoms with Crippen molar-refractivity contribution in [3.8, 4) is 0 Å². The largest absolute Gasteiger partial charge is 0.479 e. The number of hydrogen-bond donors (Lipinski definition) is 2. The van der Waals surface area contributed by atoms with Crippen LogP contribution in [0.4, 0.5) is 0 Å². The fourth-order valence-electron chi connectivity index (χ4n) is 1.73. The molecule has 2 unspecified atom stereocenters. The molecule has 92 valence electrons. The molecule has 5 heteroatoms. The summed E-state index contributed by atoms with van der Waals surface area (Å²) in [7, 11) is 0. The van der Waals surface area contributed by atoms with Gasteiger partial charge in [0.05, 0.1) is 5.38 Å². The van der Waals surface area contributed by atoms with Gasteiger partial charge in [-0.1, -0.05) is 30.3 Å². The zero-order valence-electron chi connectivity index (χ0n) is 9.61. The number of alkyl halides is 1. The van der Waals surface area contributed by atoms with Gasteiger partial charge in [-0.3, -0.25) is 4.79 Å². The van der Waals surface area contributed by atoms with Crippen LogP contribution in [0, 0.1) is 0 Å². The van der Waals surface area contributed by atoms with E-state index in [1.165, 1.54) is 6.92 Å². The van der Waals surface area contributed by atoms with Crippen molar-refractivity contribution in [2.24, 2.45) is 0 Å². The van der Waals surface area contributed by atoms with Crippen molar-refractivity contribution in [1.82, 2.24) is 5.32 Å². The van der Waals surface area contributed by atoms with Crippen molar-refractivity contribution >= 4 is 23.5 Å². The van der Waals surface area contributed by atoms with E-state index in [9.17, 15) is 14.7 Å². The molecule has 0 saturated carbocycles. The lowest BCUT2D eigenvalue weighted by Gasteiger charge is -2.33. The SMILES string of the molecule is CC(=O)NC(C(=O)O)(c1ccccc1)C(C)Cl. The number of carbonyl (C=O) groups excluding carboxylic acids is 1. The van der Waals surface area contributed by atoms with Crippen molar-refractivity contribution in [2.45, 2.75) is 24.8 Å². The van der Waals surface area contributed by atoms with Gasteiger partial charge in [0.2, 0.25) is 5.91 Å². The molecule has 0 bridgehead atoms. The Kier molecular flexibility index (Phi) is 4.12. The third kappa shape index (κ3) is 2.58. The molecule has 1 amide bonds. The minimum absolute atomic E-state index is 0.441. The summed E-state index contributed by atoms with van der Waals surface area (Å²) in [5.41, 5.74) is -1.15. The highest BCUT2D eigenvalue weighted by Gasteiger charge is 2.45. The number of carboxylic acid groups (broad SMARTS) is 1. The third-order valence-corrected chi connectivity index (χ3v) is 2.86. The second-order valence-corrected chi connectivity index (χ2v) is 4.43. The van der Waals surface area contributed by atoms with Crippen LogP contribution in [-0.2, 0) is 15.1 Å². The molecule has 2 N–H and O–H groups in total. The Hall–Kier alpha value is -1.55. The topological polar surface area (TPSA) is 66.4 Å². The molecule has 0 fully saturated rings. The molecule has 0 spiro atoms. The monoisotopic (exact) mass is 255 g/mol. The average molecular weight is 256 g/mol. The first kappa shape index (κ1) is 13.5. The van der Waals surface area contributed by atoms with Crippen LogP contribution in [0.3, 0.4) is 0 Å². The summed E-state index contributed by atoms with van der Waals surface area (Å²) in [6.07, 6.45) is 0. The third-order valence-electron chi connectivity index (χ3n) is 2.54. The van der Waals surface area contributed by atoms with Gasteiger partial charge in [0.15, 0.2) is 5.54 Å². The van der Waals surface area contributed by atoms with Crippen LogP contribution < -0.4 is 5.32 Å². The van der Waals surface area contributed by atoms with E-state index >= 15 is 0 Å². The second kappa shape index (κ2) is 5.19. The average Bonchev–Trinajstić information content (AvgIpc) is 2.25. The van der Waals surface area contributed by atoms with E-state index in [4.69, 9.17) is 11.6 Å². The summed E-state index contributed by atoms with van der Waals surface area (Å²) in [6.45, 7) is 2.80. The van der Waals surface area contributed by atoms with Gasteiger partial charge in [-0.15, -0.1) is 11.6 Å². The molecule has 4 nitrogen and oxygen atoms in total. The van der Waals surface area contributed by atoms with Crippen LogP contribution in [0.2, 0.25) is 0 Å². The number of nitrogens with one attached hydrogen (secondary N) is 1. The maximum absolute atomic E-state index is 11.5. The summed E-state index contributed by atoms with van der Waals surface area (Å²) in [6, 6.07) is 8.43. The van der Waals surface area contributed by atoms with E-state index in [1.807, 2.05) is 0 Å². The Labute approximate surface area is 105 Å². The van der Waals surface area contributed by atoms with Crippen molar-refractivity contribution in [3.63, 3.8) is 0 Å². The molecule has 0 saturated heterocycles.